The standard InChI is InChI=1S/C17H13NO2/c18-16-14(17(19)20)10-12-8-4-5-9-13(12)15(16)11-6-2-1-3-7-11/h1-10H,18H2,(H,19,20). The molecule has 0 aliphatic rings. The van der Waals surface area contributed by atoms with Gasteiger partial charge in [0.25, 0.3) is 0 Å². The Bertz CT molecular complexity index is 795. The zero-order chi connectivity index (χ0) is 14.1. The van der Waals surface area contributed by atoms with Gasteiger partial charge in [0.05, 0.1) is 11.3 Å². The predicted molar refractivity (Wildman–Crippen MR) is 80.8 cm³/mol. The molecule has 3 nitrogen and oxygen atoms in total. The Morgan fingerprint density at radius 1 is 0.950 bits per heavy atom. The monoisotopic (exact) mass is 263 g/mol. The van der Waals surface area contributed by atoms with Crippen molar-refractivity contribution in [2.45, 2.75) is 0 Å². The molecular weight excluding hydrogens is 250 g/mol. The van der Waals surface area contributed by atoms with Gasteiger partial charge in [-0.15, -0.1) is 0 Å². The summed E-state index contributed by atoms with van der Waals surface area (Å²) in [6, 6.07) is 18.9. The van der Waals surface area contributed by atoms with Gasteiger partial charge in [-0.2, -0.15) is 0 Å². The zero-order valence-electron chi connectivity index (χ0n) is 10.7. The number of carboxylic acid groups (broad SMARTS) is 1. The second-order valence-corrected chi connectivity index (χ2v) is 4.61. The zero-order valence-corrected chi connectivity index (χ0v) is 10.7. The molecule has 0 spiro atoms. The minimum atomic E-state index is -1.01. The van der Waals surface area contributed by atoms with Crippen molar-refractivity contribution in [1.82, 2.24) is 0 Å². The Balaban J connectivity index is 2.45. The smallest absolute Gasteiger partial charge is 0.337 e. The molecule has 3 N–H and O–H groups in total. The number of benzene rings is 3. The van der Waals surface area contributed by atoms with Crippen LogP contribution in [0.2, 0.25) is 0 Å². The molecular formula is C17H13NO2. The molecule has 3 aromatic carbocycles. The predicted octanol–water partition coefficient (Wildman–Crippen LogP) is 3.79. The fraction of sp³-hybridized carbons (Fsp3) is 0. The van der Waals surface area contributed by atoms with Crippen LogP contribution in [0, 0.1) is 0 Å². The van der Waals surface area contributed by atoms with Gasteiger partial charge < -0.3 is 10.8 Å². The summed E-state index contributed by atoms with van der Waals surface area (Å²) < 4.78 is 0. The first-order chi connectivity index (χ1) is 9.68. The highest BCUT2D eigenvalue weighted by atomic mass is 16.4. The van der Waals surface area contributed by atoms with Crippen LogP contribution in [0.5, 0.6) is 0 Å². The van der Waals surface area contributed by atoms with E-state index in [-0.39, 0.29) is 5.56 Å². The topological polar surface area (TPSA) is 63.3 Å². The fourth-order valence-electron chi connectivity index (χ4n) is 2.46. The van der Waals surface area contributed by atoms with Crippen molar-refractivity contribution in [2.24, 2.45) is 0 Å². The lowest BCUT2D eigenvalue weighted by molar-refractivity contribution is 0.0698. The van der Waals surface area contributed by atoms with E-state index in [2.05, 4.69) is 0 Å². The quantitative estimate of drug-likeness (QED) is 0.691. The van der Waals surface area contributed by atoms with Crippen molar-refractivity contribution in [3.63, 3.8) is 0 Å². The van der Waals surface area contributed by atoms with Crippen LogP contribution in [0.15, 0.2) is 60.7 Å². The molecule has 0 aliphatic carbocycles. The maximum Gasteiger partial charge on any atom is 0.337 e. The Morgan fingerprint density at radius 3 is 2.30 bits per heavy atom. The van der Waals surface area contributed by atoms with Crippen molar-refractivity contribution >= 4 is 22.4 Å². The summed E-state index contributed by atoms with van der Waals surface area (Å²) in [4.78, 5) is 11.4. The van der Waals surface area contributed by atoms with Crippen LogP contribution >= 0.6 is 0 Å². The van der Waals surface area contributed by atoms with Crippen LogP contribution in [0.4, 0.5) is 5.69 Å². The summed E-state index contributed by atoms with van der Waals surface area (Å²) in [5.41, 5.74) is 8.25. The minimum Gasteiger partial charge on any atom is -0.478 e. The highest BCUT2D eigenvalue weighted by Crippen LogP contribution is 2.36. The number of fused-ring (bicyclic) bond motifs is 1. The van der Waals surface area contributed by atoms with Gasteiger partial charge in [-0.3, -0.25) is 0 Å². The van der Waals surface area contributed by atoms with Crippen molar-refractivity contribution < 1.29 is 9.90 Å². The second-order valence-electron chi connectivity index (χ2n) is 4.61. The number of nitrogens with two attached hydrogens (primary N) is 1. The Hall–Kier alpha value is -2.81. The lowest BCUT2D eigenvalue weighted by Gasteiger charge is -2.13. The van der Waals surface area contributed by atoms with Crippen molar-refractivity contribution in [2.75, 3.05) is 5.73 Å². The van der Waals surface area contributed by atoms with E-state index in [1.807, 2.05) is 54.6 Å². The van der Waals surface area contributed by atoms with Gasteiger partial charge in [0.1, 0.15) is 0 Å². The van der Waals surface area contributed by atoms with Gasteiger partial charge in [-0.05, 0) is 22.4 Å². The summed E-state index contributed by atoms with van der Waals surface area (Å²) in [6.07, 6.45) is 0. The van der Waals surface area contributed by atoms with Crippen molar-refractivity contribution in [3.05, 3.63) is 66.2 Å². The molecule has 98 valence electrons. The molecule has 0 saturated carbocycles. The highest BCUT2D eigenvalue weighted by molar-refractivity contribution is 6.10. The average Bonchev–Trinajstić information content (AvgIpc) is 2.47. The largest absolute Gasteiger partial charge is 0.478 e. The van der Waals surface area contributed by atoms with Gasteiger partial charge in [0.2, 0.25) is 0 Å². The van der Waals surface area contributed by atoms with Gasteiger partial charge >= 0.3 is 5.97 Å². The number of hydrogen-bond donors (Lipinski definition) is 2. The lowest BCUT2D eigenvalue weighted by Crippen LogP contribution is -2.04. The van der Waals surface area contributed by atoms with Crippen LogP contribution in [0.25, 0.3) is 21.9 Å². The molecule has 20 heavy (non-hydrogen) atoms. The number of hydrogen-bond acceptors (Lipinski definition) is 2. The van der Waals surface area contributed by atoms with Gasteiger partial charge in [-0.25, -0.2) is 4.79 Å². The molecule has 3 heteroatoms. The van der Waals surface area contributed by atoms with Crippen LogP contribution in [0.1, 0.15) is 10.4 Å². The Morgan fingerprint density at radius 2 is 1.60 bits per heavy atom. The van der Waals surface area contributed by atoms with E-state index >= 15 is 0 Å². The molecule has 3 aromatic rings. The number of carbonyl (C=O) groups is 1. The summed E-state index contributed by atoms with van der Waals surface area (Å²) >= 11 is 0. The number of carboxylic acids is 1. The fourth-order valence-corrected chi connectivity index (χ4v) is 2.46. The summed E-state index contributed by atoms with van der Waals surface area (Å²) in [6.45, 7) is 0. The third kappa shape index (κ3) is 1.89. The highest BCUT2D eigenvalue weighted by Gasteiger charge is 2.16. The maximum absolute atomic E-state index is 11.4. The van der Waals surface area contributed by atoms with E-state index in [0.29, 0.717) is 5.69 Å². The Labute approximate surface area is 116 Å². The molecule has 0 amide bonds. The molecule has 0 radical (unpaired) electrons. The molecule has 0 aliphatic heterocycles. The van der Waals surface area contributed by atoms with Gasteiger partial charge in [0, 0.05) is 5.56 Å². The van der Waals surface area contributed by atoms with E-state index in [1.54, 1.807) is 6.07 Å². The Kier molecular flexibility index (Phi) is 2.88. The van der Waals surface area contributed by atoms with Gasteiger partial charge in [-0.1, -0.05) is 54.6 Å². The normalized spacial score (nSPS) is 10.6. The maximum atomic E-state index is 11.4. The third-order valence-corrected chi connectivity index (χ3v) is 3.38. The molecule has 0 aromatic heterocycles. The first-order valence-corrected chi connectivity index (χ1v) is 6.28. The average molecular weight is 263 g/mol. The van der Waals surface area contributed by atoms with Gasteiger partial charge in [0.15, 0.2) is 0 Å². The first kappa shape index (κ1) is 12.2. The van der Waals surface area contributed by atoms with Crippen molar-refractivity contribution in [3.8, 4) is 11.1 Å². The molecule has 3 rings (SSSR count). The third-order valence-electron chi connectivity index (χ3n) is 3.38. The SMILES string of the molecule is Nc1c(C(=O)O)cc2ccccc2c1-c1ccccc1. The van der Waals surface area contributed by atoms with Crippen LogP contribution in [0.3, 0.4) is 0 Å². The van der Waals surface area contributed by atoms with Crippen LogP contribution in [-0.2, 0) is 0 Å². The number of rotatable bonds is 2. The second kappa shape index (κ2) is 4.70. The summed E-state index contributed by atoms with van der Waals surface area (Å²) in [5.74, 6) is -1.01. The van der Waals surface area contributed by atoms with Crippen molar-refractivity contribution in [1.29, 1.82) is 0 Å². The van der Waals surface area contributed by atoms with E-state index < -0.39 is 5.97 Å². The molecule has 0 saturated heterocycles. The molecule has 0 heterocycles. The van der Waals surface area contributed by atoms with E-state index in [0.717, 1.165) is 21.9 Å². The first-order valence-electron chi connectivity index (χ1n) is 6.28. The summed E-state index contributed by atoms with van der Waals surface area (Å²) in [5, 5.41) is 11.1. The number of anilines is 1. The summed E-state index contributed by atoms with van der Waals surface area (Å²) in [7, 11) is 0. The number of aromatic carboxylic acids is 1. The molecule has 0 unspecified atom stereocenters. The van der Waals surface area contributed by atoms with Crippen LogP contribution in [-0.4, -0.2) is 11.1 Å². The van der Waals surface area contributed by atoms with E-state index in [9.17, 15) is 9.90 Å². The van der Waals surface area contributed by atoms with E-state index in [4.69, 9.17) is 5.73 Å². The number of nitrogen functional groups attached to an aromatic ring is 1. The molecule has 0 fully saturated rings. The van der Waals surface area contributed by atoms with Crippen LogP contribution < -0.4 is 5.73 Å². The lowest BCUT2D eigenvalue weighted by atomic mass is 9.93. The minimum absolute atomic E-state index is 0.141. The van der Waals surface area contributed by atoms with E-state index in [1.165, 1.54) is 0 Å². The molecule has 0 bridgehead atoms. The molecule has 0 atom stereocenters.